The van der Waals surface area contributed by atoms with E-state index in [0.717, 1.165) is 17.5 Å². The van der Waals surface area contributed by atoms with Gasteiger partial charge in [-0.1, -0.05) is 65.3 Å². The number of nitro groups is 1. The van der Waals surface area contributed by atoms with Crippen LogP contribution in [0.2, 0.25) is 0 Å². The van der Waals surface area contributed by atoms with Crippen LogP contribution in [0, 0.1) is 10.1 Å². The van der Waals surface area contributed by atoms with Crippen molar-refractivity contribution in [3.05, 3.63) is 74.3 Å². The minimum absolute atomic E-state index is 0.00376. The lowest BCUT2D eigenvalue weighted by molar-refractivity contribution is -0.386. The largest absolute Gasteiger partial charge is 0.487 e. The van der Waals surface area contributed by atoms with Gasteiger partial charge in [0.05, 0.1) is 11.5 Å². The zero-order valence-corrected chi connectivity index (χ0v) is 14.5. The summed E-state index contributed by atoms with van der Waals surface area (Å²) in [7, 11) is 0. The number of rotatable bonds is 7. The molecule has 120 valence electrons. The molecule has 4 nitrogen and oxygen atoms in total. The highest BCUT2D eigenvalue weighted by Gasteiger charge is 2.20. The zero-order valence-electron chi connectivity index (χ0n) is 12.9. The summed E-state index contributed by atoms with van der Waals surface area (Å²) in [6.45, 7) is 2.43. The lowest BCUT2D eigenvalue weighted by Gasteiger charge is -2.11. The monoisotopic (exact) mass is 375 g/mol. The second-order valence-electron chi connectivity index (χ2n) is 5.04. The van der Waals surface area contributed by atoms with E-state index < -0.39 is 4.92 Å². The standard InChI is InChI=1S/C18H18BrNO3/c1-2-11-23-18-15(12-16(19)13-17(18)20(21)22)10-6-9-14-7-4-3-5-8-14/h3-9,12-13H,2,10-11H2,1H3. The number of halogens is 1. The normalized spacial score (nSPS) is 10.9. The molecule has 0 heterocycles. The van der Waals surface area contributed by atoms with Crippen molar-refractivity contribution in [1.82, 2.24) is 0 Å². The van der Waals surface area contributed by atoms with Crippen molar-refractivity contribution < 1.29 is 9.66 Å². The van der Waals surface area contributed by atoms with E-state index in [2.05, 4.69) is 15.9 Å². The summed E-state index contributed by atoms with van der Waals surface area (Å²) in [5.74, 6) is 0.359. The molecule has 0 saturated heterocycles. The van der Waals surface area contributed by atoms with E-state index in [9.17, 15) is 10.1 Å². The van der Waals surface area contributed by atoms with Gasteiger partial charge in [0.25, 0.3) is 0 Å². The molecule has 5 heteroatoms. The maximum atomic E-state index is 11.3. The molecule has 2 rings (SSSR count). The van der Waals surface area contributed by atoms with E-state index in [0.29, 0.717) is 23.2 Å². The summed E-state index contributed by atoms with van der Waals surface area (Å²) in [5, 5.41) is 11.3. The Labute approximate surface area is 144 Å². The van der Waals surface area contributed by atoms with Crippen molar-refractivity contribution in [1.29, 1.82) is 0 Å². The maximum absolute atomic E-state index is 11.3. The number of hydrogen-bond donors (Lipinski definition) is 0. The lowest BCUT2D eigenvalue weighted by atomic mass is 10.1. The Morgan fingerprint density at radius 1 is 1.26 bits per heavy atom. The molecule has 0 bridgehead atoms. The number of benzene rings is 2. The van der Waals surface area contributed by atoms with E-state index in [1.807, 2.05) is 55.5 Å². The Kier molecular flexibility index (Phi) is 6.35. The van der Waals surface area contributed by atoms with Gasteiger partial charge in [0.2, 0.25) is 5.75 Å². The van der Waals surface area contributed by atoms with Gasteiger partial charge >= 0.3 is 5.69 Å². The third kappa shape index (κ3) is 4.93. The number of nitro benzene ring substituents is 1. The first-order valence-corrected chi connectivity index (χ1v) is 8.22. The molecule has 0 aliphatic rings. The molecule has 0 aliphatic carbocycles. The van der Waals surface area contributed by atoms with Gasteiger partial charge in [0.15, 0.2) is 0 Å². The molecule has 2 aromatic carbocycles. The first-order valence-electron chi connectivity index (χ1n) is 7.43. The van der Waals surface area contributed by atoms with Crippen molar-refractivity contribution in [3.63, 3.8) is 0 Å². The smallest absolute Gasteiger partial charge is 0.312 e. The highest BCUT2D eigenvalue weighted by molar-refractivity contribution is 9.10. The number of hydrogen-bond acceptors (Lipinski definition) is 3. The Morgan fingerprint density at radius 3 is 2.65 bits per heavy atom. The topological polar surface area (TPSA) is 52.4 Å². The zero-order chi connectivity index (χ0) is 16.7. The van der Waals surface area contributed by atoms with Crippen LogP contribution in [0.4, 0.5) is 5.69 Å². The molecule has 0 spiro atoms. The third-order valence-electron chi connectivity index (χ3n) is 3.21. The minimum Gasteiger partial charge on any atom is -0.487 e. The van der Waals surface area contributed by atoms with Crippen LogP contribution in [0.3, 0.4) is 0 Å². The number of nitrogens with zero attached hydrogens (tertiary/aromatic N) is 1. The van der Waals surface area contributed by atoms with Crippen molar-refractivity contribution in [2.24, 2.45) is 0 Å². The SMILES string of the molecule is CCCOc1c(CC=Cc2ccccc2)cc(Br)cc1[N+](=O)[O-]. The Morgan fingerprint density at radius 2 is 2.00 bits per heavy atom. The molecule has 0 saturated carbocycles. The van der Waals surface area contributed by atoms with Crippen LogP contribution in [0.1, 0.15) is 24.5 Å². The molecule has 0 fully saturated rings. The van der Waals surface area contributed by atoms with Crippen molar-refractivity contribution in [2.75, 3.05) is 6.61 Å². The van der Waals surface area contributed by atoms with E-state index in [-0.39, 0.29) is 5.69 Å². The van der Waals surface area contributed by atoms with Gasteiger partial charge in [0, 0.05) is 16.1 Å². The molecular formula is C18H18BrNO3. The van der Waals surface area contributed by atoms with Gasteiger partial charge in [-0.25, -0.2) is 0 Å². The fourth-order valence-corrected chi connectivity index (χ4v) is 2.67. The van der Waals surface area contributed by atoms with E-state index in [4.69, 9.17) is 4.74 Å². The summed E-state index contributed by atoms with van der Waals surface area (Å²) >= 11 is 3.34. The minimum atomic E-state index is -0.403. The Balaban J connectivity index is 2.28. The predicted molar refractivity (Wildman–Crippen MR) is 95.8 cm³/mol. The van der Waals surface area contributed by atoms with Gasteiger partial charge in [-0.3, -0.25) is 10.1 Å². The average molecular weight is 376 g/mol. The van der Waals surface area contributed by atoms with E-state index in [1.54, 1.807) is 0 Å². The van der Waals surface area contributed by atoms with Gasteiger partial charge in [0.1, 0.15) is 0 Å². The highest BCUT2D eigenvalue weighted by Crippen LogP contribution is 2.35. The summed E-state index contributed by atoms with van der Waals surface area (Å²) < 4.78 is 6.32. The highest BCUT2D eigenvalue weighted by atomic mass is 79.9. The van der Waals surface area contributed by atoms with Crippen LogP contribution >= 0.6 is 15.9 Å². The summed E-state index contributed by atoms with van der Waals surface area (Å²) in [6.07, 6.45) is 5.34. The summed E-state index contributed by atoms with van der Waals surface area (Å²) in [4.78, 5) is 10.9. The second-order valence-corrected chi connectivity index (χ2v) is 5.95. The van der Waals surface area contributed by atoms with Gasteiger partial charge < -0.3 is 4.74 Å². The van der Waals surface area contributed by atoms with E-state index in [1.165, 1.54) is 6.07 Å². The van der Waals surface area contributed by atoms with E-state index >= 15 is 0 Å². The van der Waals surface area contributed by atoms with Crippen LogP contribution in [-0.4, -0.2) is 11.5 Å². The molecule has 0 amide bonds. The van der Waals surface area contributed by atoms with Crippen molar-refractivity contribution in [2.45, 2.75) is 19.8 Å². The molecule has 23 heavy (non-hydrogen) atoms. The number of allylic oxidation sites excluding steroid dienone is 1. The van der Waals surface area contributed by atoms with Crippen molar-refractivity contribution in [3.8, 4) is 5.75 Å². The molecule has 0 unspecified atom stereocenters. The molecule has 0 radical (unpaired) electrons. The molecule has 2 aromatic rings. The molecular weight excluding hydrogens is 358 g/mol. The summed E-state index contributed by atoms with van der Waals surface area (Å²) in [5.41, 5.74) is 1.88. The Hall–Kier alpha value is -2.14. The summed E-state index contributed by atoms with van der Waals surface area (Å²) in [6, 6.07) is 13.3. The fourth-order valence-electron chi connectivity index (χ4n) is 2.18. The second kappa shape index (κ2) is 8.48. The van der Waals surface area contributed by atoms with Crippen LogP contribution in [-0.2, 0) is 6.42 Å². The van der Waals surface area contributed by atoms with Gasteiger partial charge in [-0.05, 0) is 24.5 Å². The third-order valence-corrected chi connectivity index (χ3v) is 3.66. The molecule has 0 aromatic heterocycles. The average Bonchev–Trinajstić information content (AvgIpc) is 2.54. The predicted octanol–water partition coefficient (Wildman–Crippen LogP) is 5.40. The molecule has 0 N–H and O–H groups in total. The number of ether oxygens (including phenoxy) is 1. The first-order chi connectivity index (χ1) is 11.1. The van der Waals surface area contributed by atoms with Crippen LogP contribution in [0.15, 0.2) is 53.0 Å². The van der Waals surface area contributed by atoms with Crippen LogP contribution in [0.25, 0.3) is 6.08 Å². The lowest BCUT2D eigenvalue weighted by Crippen LogP contribution is -2.03. The van der Waals surface area contributed by atoms with Gasteiger partial charge in [-0.2, -0.15) is 0 Å². The van der Waals surface area contributed by atoms with Gasteiger partial charge in [-0.15, -0.1) is 0 Å². The Bertz CT molecular complexity index is 699. The van der Waals surface area contributed by atoms with Crippen LogP contribution < -0.4 is 4.74 Å². The van der Waals surface area contributed by atoms with Crippen LogP contribution in [0.5, 0.6) is 5.75 Å². The fraction of sp³-hybridized carbons (Fsp3) is 0.222. The molecule has 0 aliphatic heterocycles. The first kappa shape index (κ1) is 17.2. The van der Waals surface area contributed by atoms with Crippen molar-refractivity contribution >= 4 is 27.7 Å². The maximum Gasteiger partial charge on any atom is 0.312 e. The molecule has 0 atom stereocenters. The quantitative estimate of drug-likeness (QED) is 0.480.